The molecule has 0 fully saturated rings. The van der Waals surface area contributed by atoms with Gasteiger partial charge in [-0.05, 0) is 36.1 Å². The van der Waals surface area contributed by atoms with Gasteiger partial charge < -0.3 is 9.84 Å². The van der Waals surface area contributed by atoms with Crippen LogP contribution in [0.25, 0.3) is 0 Å². The number of allylic oxidation sites excluding steroid dienone is 5. The number of aliphatic imine (C=N–C) groups is 1. The maximum Gasteiger partial charge on any atom is 0.200 e. The number of ether oxygens (including phenoxy) is 1. The molecule has 0 aliphatic rings. The summed E-state index contributed by atoms with van der Waals surface area (Å²) in [5, 5.41) is 9.14. The molecule has 0 heterocycles. The second kappa shape index (κ2) is 9.46. The summed E-state index contributed by atoms with van der Waals surface area (Å²) in [4.78, 5) is 4.02. The first-order valence-corrected chi connectivity index (χ1v) is 7.53. The first kappa shape index (κ1) is 21.0. The summed E-state index contributed by atoms with van der Waals surface area (Å²) in [6.07, 6.45) is 2.05. The largest absolute Gasteiger partial charge is 0.505 e. The van der Waals surface area contributed by atoms with Gasteiger partial charge in [0.2, 0.25) is 5.83 Å². The zero-order valence-electron chi connectivity index (χ0n) is 14.5. The van der Waals surface area contributed by atoms with Gasteiger partial charge in [0.25, 0.3) is 0 Å². The van der Waals surface area contributed by atoms with Crippen molar-refractivity contribution in [3.8, 4) is 5.75 Å². The standard InChI is InChI=1S/C20H20F3NO2/c1-12(14(3)19(22)20(23)15(4)26-5)11-24-13(2)6-7-16-8-9-18(25)17(21)10-16/h8-11,25H,1-4,6-7H2,5H3/b20-19-,24-11?. The molecule has 0 unspecified atom stereocenters. The number of hydrogen-bond acceptors (Lipinski definition) is 3. The van der Waals surface area contributed by atoms with Crippen LogP contribution in [0, 0.1) is 5.82 Å². The molecule has 26 heavy (non-hydrogen) atoms. The van der Waals surface area contributed by atoms with Crippen LogP contribution in [-0.4, -0.2) is 18.4 Å². The highest BCUT2D eigenvalue weighted by atomic mass is 19.2. The molecule has 0 aromatic heterocycles. The van der Waals surface area contributed by atoms with Gasteiger partial charge in [0, 0.05) is 17.5 Å². The van der Waals surface area contributed by atoms with E-state index in [-0.39, 0.29) is 11.1 Å². The van der Waals surface area contributed by atoms with E-state index in [2.05, 4.69) is 36.0 Å². The van der Waals surface area contributed by atoms with E-state index in [9.17, 15) is 13.2 Å². The quantitative estimate of drug-likeness (QED) is 0.359. The number of aryl methyl sites for hydroxylation is 1. The predicted octanol–water partition coefficient (Wildman–Crippen LogP) is 5.47. The molecule has 1 rings (SSSR count). The number of halogens is 3. The second-order valence-electron chi connectivity index (χ2n) is 5.37. The molecular weight excluding hydrogens is 343 g/mol. The number of aromatic hydroxyl groups is 1. The SMILES string of the molecule is C=C(CCc1ccc(O)c(F)c1)N=CC(=C)C(=C)/C(F)=C(/F)C(=C)OC. The molecule has 1 aromatic carbocycles. The summed E-state index contributed by atoms with van der Waals surface area (Å²) in [7, 11) is 1.16. The van der Waals surface area contributed by atoms with Crippen molar-refractivity contribution in [1.29, 1.82) is 0 Å². The molecule has 0 radical (unpaired) electrons. The number of phenols is 1. The molecule has 0 aliphatic carbocycles. The first-order chi connectivity index (χ1) is 12.2. The first-order valence-electron chi connectivity index (χ1n) is 7.53. The Kier molecular flexibility index (Phi) is 7.65. The predicted molar refractivity (Wildman–Crippen MR) is 97.7 cm³/mol. The molecule has 3 nitrogen and oxygen atoms in total. The summed E-state index contributed by atoms with van der Waals surface area (Å²) in [6, 6.07) is 4.07. The van der Waals surface area contributed by atoms with Crippen molar-refractivity contribution in [2.75, 3.05) is 7.11 Å². The third-order valence-corrected chi connectivity index (χ3v) is 3.45. The highest BCUT2D eigenvalue weighted by Crippen LogP contribution is 2.25. The van der Waals surface area contributed by atoms with Crippen LogP contribution in [0.5, 0.6) is 5.75 Å². The number of rotatable bonds is 9. The Morgan fingerprint density at radius 3 is 2.42 bits per heavy atom. The number of methoxy groups -OCH3 is 1. The van der Waals surface area contributed by atoms with Gasteiger partial charge in [-0.2, -0.15) is 4.39 Å². The lowest BCUT2D eigenvalue weighted by Crippen LogP contribution is -1.96. The molecule has 1 aromatic rings. The van der Waals surface area contributed by atoms with E-state index in [1.54, 1.807) is 6.07 Å². The summed E-state index contributed by atoms with van der Waals surface area (Å²) in [6.45, 7) is 14.0. The molecule has 0 atom stereocenters. The minimum Gasteiger partial charge on any atom is -0.505 e. The lowest BCUT2D eigenvalue weighted by Gasteiger charge is -2.07. The fourth-order valence-electron chi connectivity index (χ4n) is 1.79. The third-order valence-electron chi connectivity index (χ3n) is 3.45. The van der Waals surface area contributed by atoms with Gasteiger partial charge in [0.1, 0.15) is 5.76 Å². The Hall–Kier alpha value is -3.02. The second-order valence-corrected chi connectivity index (χ2v) is 5.37. The van der Waals surface area contributed by atoms with Crippen LogP contribution in [0.1, 0.15) is 12.0 Å². The Bertz CT molecular complexity index is 807. The van der Waals surface area contributed by atoms with Crippen LogP contribution < -0.4 is 0 Å². The van der Waals surface area contributed by atoms with Gasteiger partial charge in [0.05, 0.1) is 7.11 Å². The van der Waals surface area contributed by atoms with E-state index >= 15 is 0 Å². The van der Waals surface area contributed by atoms with Crippen molar-refractivity contribution >= 4 is 6.21 Å². The summed E-state index contributed by atoms with van der Waals surface area (Å²) >= 11 is 0. The van der Waals surface area contributed by atoms with Crippen molar-refractivity contribution < 1.29 is 23.0 Å². The van der Waals surface area contributed by atoms with E-state index in [1.807, 2.05) is 0 Å². The maximum atomic E-state index is 13.9. The molecule has 0 spiro atoms. The van der Waals surface area contributed by atoms with Gasteiger partial charge in [0.15, 0.2) is 17.4 Å². The van der Waals surface area contributed by atoms with Gasteiger partial charge in [-0.15, -0.1) is 0 Å². The molecule has 0 amide bonds. The topological polar surface area (TPSA) is 41.8 Å². The van der Waals surface area contributed by atoms with E-state index in [0.717, 1.165) is 7.11 Å². The summed E-state index contributed by atoms with van der Waals surface area (Å²) < 4.78 is 45.3. The minimum atomic E-state index is -1.26. The fraction of sp³-hybridized carbons (Fsp3) is 0.150. The molecule has 138 valence electrons. The molecule has 6 heteroatoms. The number of hydrogen-bond donors (Lipinski definition) is 1. The normalized spacial score (nSPS) is 11.8. The van der Waals surface area contributed by atoms with Crippen LogP contribution in [-0.2, 0) is 11.2 Å². The van der Waals surface area contributed by atoms with Gasteiger partial charge in [-0.25, -0.2) is 8.78 Å². The van der Waals surface area contributed by atoms with Crippen LogP contribution >= 0.6 is 0 Å². The number of benzene rings is 1. The average Bonchev–Trinajstić information content (AvgIpc) is 2.64. The van der Waals surface area contributed by atoms with Crippen LogP contribution in [0.3, 0.4) is 0 Å². The van der Waals surface area contributed by atoms with E-state index in [1.165, 1.54) is 18.3 Å². The Morgan fingerprint density at radius 1 is 1.19 bits per heavy atom. The maximum absolute atomic E-state index is 13.9. The van der Waals surface area contributed by atoms with Crippen molar-refractivity contribution in [3.63, 3.8) is 0 Å². The Morgan fingerprint density at radius 2 is 1.85 bits per heavy atom. The molecule has 0 saturated heterocycles. The lowest BCUT2D eigenvalue weighted by molar-refractivity contribution is 0.281. The van der Waals surface area contributed by atoms with Crippen molar-refractivity contribution in [3.05, 3.63) is 90.2 Å². The van der Waals surface area contributed by atoms with Crippen LogP contribution in [0.4, 0.5) is 13.2 Å². The zero-order valence-corrected chi connectivity index (χ0v) is 14.5. The minimum absolute atomic E-state index is 0.0541. The lowest BCUT2D eigenvalue weighted by atomic mass is 10.1. The third kappa shape index (κ3) is 5.81. The van der Waals surface area contributed by atoms with Crippen LogP contribution in [0.2, 0.25) is 0 Å². The van der Waals surface area contributed by atoms with E-state index in [0.29, 0.717) is 24.1 Å². The highest BCUT2D eigenvalue weighted by Gasteiger charge is 2.15. The van der Waals surface area contributed by atoms with Crippen molar-refractivity contribution in [2.24, 2.45) is 4.99 Å². The molecule has 1 N–H and O–H groups in total. The Balaban J connectivity index is 2.66. The summed E-state index contributed by atoms with van der Waals surface area (Å²) in [5.74, 6) is -4.08. The molecular formula is C20H20F3NO2. The Labute approximate surface area is 150 Å². The molecule has 0 aliphatic heterocycles. The number of phenolic OH excluding ortho intramolecular Hbond substituents is 1. The smallest absolute Gasteiger partial charge is 0.200 e. The molecule has 0 saturated carbocycles. The number of nitrogens with zero attached hydrogens (tertiary/aromatic N) is 1. The van der Waals surface area contributed by atoms with E-state index in [4.69, 9.17) is 5.11 Å². The van der Waals surface area contributed by atoms with Crippen LogP contribution in [0.15, 0.2) is 83.8 Å². The molecule has 0 bridgehead atoms. The van der Waals surface area contributed by atoms with Gasteiger partial charge >= 0.3 is 0 Å². The van der Waals surface area contributed by atoms with Crippen molar-refractivity contribution in [2.45, 2.75) is 12.8 Å². The average molecular weight is 363 g/mol. The summed E-state index contributed by atoms with van der Waals surface area (Å²) in [5.41, 5.74) is 0.851. The van der Waals surface area contributed by atoms with E-state index < -0.39 is 29.0 Å². The van der Waals surface area contributed by atoms with Gasteiger partial charge in [-0.1, -0.05) is 32.4 Å². The zero-order chi connectivity index (χ0) is 19.9. The fourth-order valence-corrected chi connectivity index (χ4v) is 1.79. The monoisotopic (exact) mass is 363 g/mol. The van der Waals surface area contributed by atoms with Crippen molar-refractivity contribution in [1.82, 2.24) is 0 Å². The highest BCUT2D eigenvalue weighted by molar-refractivity contribution is 5.86. The van der Waals surface area contributed by atoms with Gasteiger partial charge in [-0.3, -0.25) is 4.99 Å².